The van der Waals surface area contributed by atoms with E-state index in [1.807, 2.05) is 6.20 Å². The van der Waals surface area contributed by atoms with Crippen LogP contribution < -0.4 is 0 Å². The first kappa shape index (κ1) is 25.6. The van der Waals surface area contributed by atoms with Gasteiger partial charge >= 0.3 is 0 Å². The standard InChI is InChI=1S/C34H36FNS/c1-20-15-21(2)29-25(16-20)17-26(18-28(29)33(4,5)6)30-32-27(13-14-36-30)22(3)31(37-32)24-11-9-23(10-12-24)19-34(7,8)35/h9-18H,19H2,1-8H3. The van der Waals surface area contributed by atoms with Crippen LogP contribution in [0.1, 0.15) is 62.4 Å². The third-order valence-electron chi connectivity index (χ3n) is 7.17. The van der Waals surface area contributed by atoms with Gasteiger partial charge in [0.15, 0.2) is 0 Å². The molecule has 0 radical (unpaired) electrons. The molecule has 0 aliphatic rings. The van der Waals surface area contributed by atoms with Crippen molar-refractivity contribution in [3.05, 3.63) is 88.6 Å². The molecule has 0 unspecified atom stereocenters. The highest BCUT2D eigenvalue weighted by Crippen LogP contribution is 2.44. The maximum Gasteiger partial charge on any atom is 0.109 e. The molecule has 0 spiro atoms. The molecule has 0 aliphatic carbocycles. The van der Waals surface area contributed by atoms with Gasteiger partial charge in [0.2, 0.25) is 0 Å². The molecule has 5 rings (SSSR count). The van der Waals surface area contributed by atoms with E-state index in [0.717, 1.165) is 11.3 Å². The van der Waals surface area contributed by atoms with Crippen LogP contribution in [0.15, 0.2) is 60.8 Å². The molecular weight excluding hydrogens is 473 g/mol. The number of aromatic nitrogens is 1. The lowest BCUT2D eigenvalue weighted by Crippen LogP contribution is -2.15. The van der Waals surface area contributed by atoms with Gasteiger partial charge in [-0.15, -0.1) is 11.3 Å². The highest BCUT2D eigenvalue weighted by atomic mass is 32.1. The Hall–Kier alpha value is -3.04. The first-order valence-electron chi connectivity index (χ1n) is 13.0. The van der Waals surface area contributed by atoms with Gasteiger partial charge in [0.05, 0.1) is 10.4 Å². The van der Waals surface area contributed by atoms with Gasteiger partial charge in [-0.3, -0.25) is 4.98 Å². The number of halogens is 1. The van der Waals surface area contributed by atoms with E-state index in [0.29, 0.717) is 6.42 Å². The average molecular weight is 510 g/mol. The molecule has 0 saturated carbocycles. The van der Waals surface area contributed by atoms with Crippen molar-refractivity contribution in [2.45, 2.75) is 72.9 Å². The number of nitrogens with zero attached hydrogens (tertiary/aromatic N) is 1. The van der Waals surface area contributed by atoms with Crippen LogP contribution in [0.2, 0.25) is 0 Å². The summed E-state index contributed by atoms with van der Waals surface area (Å²) in [5, 5.41) is 3.88. The van der Waals surface area contributed by atoms with E-state index in [9.17, 15) is 4.39 Å². The quantitative estimate of drug-likeness (QED) is 0.235. The molecule has 1 nitrogen and oxygen atoms in total. The fourth-order valence-electron chi connectivity index (χ4n) is 5.54. The van der Waals surface area contributed by atoms with Gasteiger partial charge in [0.1, 0.15) is 5.67 Å². The number of rotatable bonds is 4. The van der Waals surface area contributed by atoms with E-state index in [4.69, 9.17) is 4.98 Å². The molecule has 0 fully saturated rings. The molecule has 5 aromatic rings. The first-order chi connectivity index (χ1) is 17.3. The summed E-state index contributed by atoms with van der Waals surface area (Å²) in [6.45, 7) is 16.7. The Labute approximate surface area is 224 Å². The minimum Gasteiger partial charge on any atom is -0.255 e. The lowest BCUT2D eigenvalue weighted by atomic mass is 9.80. The second kappa shape index (κ2) is 9.06. The van der Waals surface area contributed by atoms with Crippen LogP contribution in [-0.4, -0.2) is 10.7 Å². The molecule has 37 heavy (non-hydrogen) atoms. The molecule has 0 aliphatic heterocycles. The van der Waals surface area contributed by atoms with Crippen LogP contribution in [0, 0.1) is 20.8 Å². The zero-order valence-corrected chi connectivity index (χ0v) is 24.0. The molecule has 2 heterocycles. The Balaban J connectivity index is 1.68. The number of aryl methyl sites for hydroxylation is 3. The van der Waals surface area contributed by atoms with Crippen molar-refractivity contribution in [3.63, 3.8) is 0 Å². The van der Waals surface area contributed by atoms with Crippen LogP contribution in [0.4, 0.5) is 4.39 Å². The van der Waals surface area contributed by atoms with Crippen molar-refractivity contribution in [2.24, 2.45) is 0 Å². The van der Waals surface area contributed by atoms with E-state index in [1.54, 1.807) is 25.2 Å². The Morgan fingerprint density at radius 1 is 0.838 bits per heavy atom. The summed E-state index contributed by atoms with van der Waals surface area (Å²) in [6, 6.07) is 19.8. The smallest absolute Gasteiger partial charge is 0.109 e. The minimum atomic E-state index is -1.21. The summed E-state index contributed by atoms with van der Waals surface area (Å²) in [5.41, 5.74) is 8.43. The first-order valence-corrected chi connectivity index (χ1v) is 13.9. The number of benzene rings is 3. The second-order valence-electron chi connectivity index (χ2n) is 12.1. The highest BCUT2D eigenvalue weighted by molar-refractivity contribution is 7.23. The lowest BCUT2D eigenvalue weighted by Gasteiger charge is -2.24. The molecule has 0 amide bonds. The van der Waals surface area contributed by atoms with Crippen LogP contribution in [-0.2, 0) is 11.8 Å². The molecule has 190 valence electrons. The van der Waals surface area contributed by atoms with Gasteiger partial charge in [-0.25, -0.2) is 4.39 Å². The van der Waals surface area contributed by atoms with Crippen molar-refractivity contribution in [1.82, 2.24) is 4.98 Å². The van der Waals surface area contributed by atoms with E-state index in [-0.39, 0.29) is 5.41 Å². The van der Waals surface area contributed by atoms with Gasteiger partial charge in [-0.05, 0) is 102 Å². The van der Waals surface area contributed by atoms with E-state index in [1.165, 1.54) is 59.1 Å². The molecule has 0 atom stereocenters. The fourth-order valence-corrected chi connectivity index (χ4v) is 6.85. The number of hydrogen-bond donors (Lipinski definition) is 0. The Bertz CT molecular complexity index is 1630. The Morgan fingerprint density at radius 2 is 1.54 bits per heavy atom. The van der Waals surface area contributed by atoms with Crippen molar-refractivity contribution in [3.8, 4) is 21.7 Å². The van der Waals surface area contributed by atoms with Crippen molar-refractivity contribution in [2.75, 3.05) is 0 Å². The fraction of sp³-hybridized carbons (Fsp3) is 0.324. The molecule has 0 N–H and O–H groups in total. The normalized spacial score (nSPS) is 12.6. The maximum atomic E-state index is 14.1. The second-order valence-corrected chi connectivity index (χ2v) is 13.2. The highest BCUT2D eigenvalue weighted by Gasteiger charge is 2.22. The topological polar surface area (TPSA) is 12.9 Å². The third kappa shape index (κ3) is 4.94. The number of hydrogen-bond acceptors (Lipinski definition) is 2. The number of thiophene rings is 1. The Kier molecular flexibility index (Phi) is 6.27. The summed E-state index contributed by atoms with van der Waals surface area (Å²) in [4.78, 5) is 6.17. The van der Waals surface area contributed by atoms with Gasteiger partial charge in [-0.2, -0.15) is 0 Å². The van der Waals surface area contributed by atoms with Crippen molar-refractivity contribution >= 4 is 32.2 Å². The summed E-state index contributed by atoms with van der Waals surface area (Å²) < 4.78 is 15.4. The van der Waals surface area contributed by atoms with Gasteiger partial charge < -0.3 is 0 Å². The summed E-state index contributed by atoms with van der Waals surface area (Å²) in [7, 11) is 0. The summed E-state index contributed by atoms with van der Waals surface area (Å²) in [6.07, 6.45) is 2.36. The summed E-state index contributed by atoms with van der Waals surface area (Å²) in [5.74, 6) is 0. The average Bonchev–Trinajstić information content (AvgIpc) is 3.13. The Morgan fingerprint density at radius 3 is 2.19 bits per heavy atom. The van der Waals surface area contributed by atoms with E-state index in [2.05, 4.69) is 96.1 Å². The van der Waals surface area contributed by atoms with Gasteiger partial charge in [-0.1, -0.05) is 62.7 Å². The molecule has 2 aromatic heterocycles. The number of fused-ring (bicyclic) bond motifs is 2. The zero-order valence-electron chi connectivity index (χ0n) is 23.2. The van der Waals surface area contributed by atoms with Crippen LogP contribution in [0.3, 0.4) is 0 Å². The van der Waals surface area contributed by atoms with Crippen LogP contribution >= 0.6 is 11.3 Å². The van der Waals surface area contributed by atoms with Crippen molar-refractivity contribution in [1.29, 1.82) is 0 Å². The van der Waals surface area contributed by atoms with E-state index < -0.39 is 5.67 Å². The molecular formula is C34H36FNS. The molecule has 3 aromatic carbocycles. The largest absolute Gasteiger partial charge is 0.255 e. The van der Waals surface area contributed by atoms with E-state index >= 15 is 0 Å². The minimum absolute atomic E-state index is 0.00855. The van der Waals surface area contributed by atoms with Crippen LogP contribution in [0.5, 0.6) is 0 Å². The third-order valence-corrected chi connectivity index (χ3v) is 8.53. The predicted molar refractivity (Wildman–Crippen MR) is 160 cm³/mol. The monoisotopic (exact) mass is 509 g/mol. The zero-order chi connectivity index (χ0) is 26.7. The number of pyridine rings is 1. The molecule has 3 heteroatoms. The maximum absolute atomic E-state index is 14.1. The predicted octanol–water partition coefficient (Wildman–Crippen LogP) is 10.3. The number of alkyl halides is 1. The van der Waals surface area contributed by atoms with Crippen molar-refractivity contribution < 1.29 is 4.39 Å². The van der Waals surface area contributed by atoms with Crippen LogP contribution in [0.25, 0.3) is 42.6 Å². The summed E-state index contributed by atoms with van der Waals surface area (Å²) >= 11 is 1.81. The molecule has 0 saturated heterocycles. The SMILES string of the molecule is Cc1cc(C)c2c(C(C)(C)C)cc(-c3nccc4c(C)c(-c5ccc(CC(C)(C)F)cc5)sc34)cc2c1. The van der Waals surface area contributed by atoms with Gasteiger partial charge in [0, 0.05) is 23.1 Å². The molecule has 0 bridgehead atoms. The van der Waals surface area contributed by atoms with Gasteiger partial charge in [0.25, 0.3) is 0 Å². The lowest BCUT2D eigenvalue weighted by molar-refractivity contribution is 0.217.